The van der Waals surface area contributed by atoms with E-state index < -0.39 is 42.4 Å². The van der Waals surface area contributed by atoms with Gasteiger partial charge in [0.1, 0.15) is 6.54 Å². The molecule has 1 aliphatic carbocycles. The summed E-state index contributed by atoms with van der Waals surface area (Å²) in [6, 6.07) is -0.827. The highest BCUT2D eigenvalue weighted by atomic mass is 19.4. The maximum Gasteiger partial charge on any atom is 0.407 e. The van der Waals surface area contributed by atoms with Crippen molar-refractivity contribution < 1.29 is 32.9 Å². The van der Waals surface area contributed by atoms with E-state index >= 15 is 0 Å². The predicted molar refractivity (Wildman–Crippen MR) is 121 cm³/mol. The lowest BCUT2D eigenvalue weighted by Crippen LogP contribution is -2.55. The number of rotatable bonds is 4. The van der Waals surface area contributed by atoms with E-state index in [0.717, 1.165) is 11.4 Å². The van der Waals surface area contributed by atoms with Crippen molar-refractivity contribution in [2.75, 3.05) is 26.7 Å². The van der Waals surface area contributed by atoms with E-state index in [2.05, 4.69) is 10.1 Å². The van der Waals surface area contributed by atoms with Crippen molar-refractivity contribution >= 4 is 24.0 Å². The molecule has 2 N–H and O–H groups in total. The molecule has 194 valence electrons. The van der Waals surface area contributed by atoms with E-state index in [1.165, 1.54) is 6.21 Å². The van der Waals surface area contributed by atoms with Gasteiger partial charge in [0.25, 0.3) is 0 Å². The Hall–Kier alpha value is -2.05. The van der Waals surface area contributed by atoms with Crippen molar-refractivity contribution in [3.8, 4) is 0 Å². The van der Waals surface area contributed by atoms with Gasteiger partial charge in [-0.05, 0) is 18.8 Å². The number of methoxy groups -OCH3 is 1. The minimum Gasteiger partial charge on any atom is -0.390 e. The Labute approximate surface area is 201 Å². The zero-order chi connectivity index (χ0) is 25.1. The number of alkyl halides is 3. The lowest BCUT2D eigenvalue weighted by atomic mass is 9.74. The number of aliphatic hydroxyl groups excluding tert-OH is 2. The maximum atomic E-state index is 13.8. The molecule has 5 aliphatic rings. The Morgan fingerprint density at radius 1 is 1.20 bits per heavy atom. The van der Waals surface area contributed by atoms with Crippen molar-refractivity contribution in [1.29, 1.82) is 0 Å². The molecule has 1 saturated heterocycles. The molecule has 1 amide bonds. The molecule has 4 aliphatic heterocycles. The highest BCUT2D eigenvalue weighted by Gasteiger charge is 2.65. The van der Waals surface area contributed by atoms with Crippen molar-refractivity contribution in [3.63, 3.8) is 0 Å². The van der Waals surface area contributed by atoms with Crippen LogP contribution in [0, 0.1) is 17.8 Å². The number of aliphatic imine (C=N–C) groups is 2. The number of nitrogens with zero attached hydrogens (tertiary/aromatic N) is 5. The van der Waals surface area contributed by atoms with Gasteiger partial charge in [0.05, 0.1) is 60.7 Å². The summed E-state index contributed by atoms with van der Waals surface area (Å²) < 4.78 is 44.4. The molecule has 0 radical (unpaired) electrons. The standard InChI is InChI=1S/C23H32F3N5O4/c1-12-3-16(13-4-15(35-2)9-27-7-13)29-20-19(12)21(34)31(22(20)5-17(32)18(33)6-22)14-8-28-30(10-14)11-23(24,25)26/h7-8,12-19,32-33H,3-6,9-11H2,1-2H3/t12?,13?,14?,15?,16?,17-,18+,19?,22?. The number of hydrogen-bond acceptors (Lipinski definition) is 8. The quantitative estimate of drug-likeness (QED) is 0.597. The summed E-state index contributed by atoms with van der Waals surface area (Å²) in [6.07, 6.45) is -1.62. The number of hydrogen-bond donors (Lipinski definition) is 2. The third-order valence-corrected chi connectivity index (χ3v) is 8.22. The van der Waals surface area contributed by atoms with Crippen molar-refractivity contribution in [1.82, 2.24) is 9.91 Å². The molecular formula is C23H32F3N5O4. The summed E-state index contributed by atoms with van der Waals surface area (Å²) in [5.74, 6) is -0.768. The van der Waals surface area contributed by atoms with Crippen LogP contribution in [0.2, 0.25) is 0 Å². The average molecular weight is 500 g/mol. The molecule has 7 unspecified atom stereocenters. The molecule has 2 fully saturated rings. The largest absolute Gasteiger partial charge is 0.407 e. The van der Waals surface area contributed by atoms with Gasteiger partial charge in [0.2, 0.25) is 5.91 Å². The van der Waals surface area contributed by atoms with Crippen LogP contribution >= 0.6 is 0 Å². The summed E-state index contributed by atoms with van der Waals surface area (Å²) in [5, 5.41) is 25.9. The minimum absolute atomic E-state index is 0.00154. The monoisotopic (exact) mass is 499 g/mol. The third kappa shape index (κ3) is 4.27. The first-order valence-electron chi connectivity index (χ1n) is 12.2. The number of aliphatic hydroxyl groups is 2. The van der Waals surface area contributed by atoms with E-state index in [1.54, 1.807) is 12.0 Å². The SMILES string of the molecule is COC1CN=CC(C2CC(C)C3C(=O)N(C4C=NN(CC(F)(F)F)C4)C4(C[C@@H](O)[C@@H](O)C4)C3=N2)C1. The molecule has 0 bridgehead atoms. The predicted octanol–water partition coefficient (Wildman–Crippen LogP) is 0.887. The van der Waals surface area contributed by atoms with Crippen LogP contribution in [-0.2, 0) is 9.53 Å². The molecule has 9 atom stereocenters. The Bertz CT molecular complexity index is 931. The lowest BCUT2D eigenvalue weighted by Gasteiger charge is -2.40. The van der Waals surface area contributed by atoms with Crippen LogP contribution in [0.15, 0.2) is 15.1 Å². The molecule has 4 heterocycles. The summed E-state index contributed by atoms with van der Waals surface area (Å²) >= 11 is 0. The minimum atomic E-state index is -4.42. The second-order valence-electron chi connectivity index (χ2n) is 10.6. The summed E-state index contributed by atoms with van der Waals surface area (Å²) in [6.45, 7) is 1.29. The third-order valence-electron chi connectivity index (χ3n) is 8.22. The molecule has 0 aromatic carbocycles. The summed E-state index contributed by atoms with van der Waals surface area (Å²) in [5.41, 5.74) is -0.414. The van der Waals surface area contributed by atoms with Crippen LogP contribution in [0.3, 0.4) is 0 Å². The topological polar surface area (TPSA) is 110 Å². The second kappa shape index (κ2) is 8.81. The highest BCUT2D eigenvalue weighted by molar-refractivity contribution is 6.17. The number of fused-ring (bicyclic) bond motifs is 2. The number of carbonyl (C=O) groups excluding carboxylic acids is 1. The van der Waals surface area contributed by atoms with Gasteiger partial charge in [-0.2, -0.15) is 18.3 Å². The van der Waals surface area contributed by atoms with Crippen LogP contribution in [0.5, 0.6) is 0 Å². The van der Waals surface area contributed by atoms with Gasteiger partial charge in [0, 0.05) is 38.3 Å². The van der Waals surface area contributed by atoms with E-state index in [-0.39, 0.29) is 49.3 Å². The number of likely N-dealkylation sites (tertiary alicyclic amines) is 1. The molecule has 5 rings (SSSR count). The van der Waals surface area contributed by atoms with Gasteiger partial charge in [0.15, 0.2) is 0 Å². The van der Waals surface area contributed by atoms with Gasteiger partial charge >= 0.3 is 6.18 Å². The molecule has 1 saturated carbocycles. The average Bonchev–Trinajstić information content (AvgIpc) is 3.42. The number of hydrazone groups is 1. The smallest absolute Gasteiger partial charge is 0.390 e. The Balaban J connectivity index is 1.49. The van der Waals surface area contributed by atoms with Crippen LogP contribution in [0.25, 0.3) is 0 Å². The molecule has 1 spiro atoms. The van der Waals surface area contributed by atoms with E-state index in [1.807, 2.05) is 13.1 Å². The van der Waals surface area contributed by atoms with Gasteiger partial charge in [-0.1, -0.05) is 6.92 Å². The van der Waals surface area contributed by atoms with Gasteiger partial charge in [-0.3, -0.25) is 19.8 Å². The van der Waals surface area contributed by atoms with Crippen molar-refractivity contribution in [3.05, 3.63) is 0 Å². The highest BCUT2D eigenvalue weighted by Crippen LogP contribution is 2.50. The van der Waals surface area contributed by atoms with Crippen LogP contribution in [0.4, 0.5) is 13.2 Å². The number of amides is 1. The first kappa shape index (κ1) is 24.6. The summed E-state index contributed by atoms with van der Waals surface area (Å²) in [7, 11) is 1.66. The molecule has 0 aromatic heterocycles. The van der Waals surface area contributed by atoms with E-state index in [0.29, 0.717) is 18.7 Å². The van der Waals surface area contributed by atoms with Crippen LogP contribution in [-0.4, -0.2) is 113 Å². The van der Waals surface area contributed by atoms with Gasteiger partial charge in [-0.25, -0.2) is 0 Å². The lowest BCUT2D eigenvalue weighted by molar-refractivity contribution is -0.146. The Morgan fingerprint density at radius 3 is 2.57 bits per heavy atom. The second-order valence-corrected chi connectivity index (χ2v) is 10.6. The number of halogens is 3. The maximum absolute atomic E-state index is 13.8. The molecule has 0 aromatic rings. The normalized spacial score (nSPS) is 43.4. The van der Waals surface area contributed by atoms with E-state index in [4.69, 9.17) is 9.73 Å². The molecule has 9 nitrogen and oxygen atoms in total. The Morgan fingerprint density at radius 2 is 1.91 bits per heavy atom. The first-order valence-corrected chi connectivity index (χ1v) is 12.2. The van der Waals surface area contributed by atoms with Gasteiger partial charge < -0.3 is 19.8 Å². The van der Waals surface area contributed by atoms with Crippen molar-refractivity contribution in [2.24, 2.45) is 32.8 Å². The molecular weight excluding hydrogens is 467 g/mol. The van der Waals surface area contributed by atoms with Gasteiger partial charge in [-0.15, -0.1) is 0 Å². The van der Waals surface area contributed by atoms with E-state index in [9.17, 15) is 28.2 Å². The number of ether oxygens (including phenoxy) is 1. The fourth-order valence-electron chi connectivity index (χ4n) is 6.68. The van der Waals surface area contributed by atoms with Crippen LogP contribution < -0.4 is 0 Å². The molecule has 35 heavy (non-hydrogen) atoms. The van der Waals surface area contributed by atoms with Crippen molar-refractivity contribution in [2.45, 2.75) is 74.7 Å². The van der Waals surface area contributed by atoms with Crippen LogP contribution in [0.1, 0.15) is 32.6 Å². The number of carbonyl (C=O) groups is 1. The fraction of sp³-hybridized carbons (Fsp3) is 0.826. The zero-order valence-electron chi connectivity index (χ0n) is 19.8. The molecule has 12 heteroatoms. The zero-order valence-corrected chi connectivity index (χ0v) is 19.8. The summed E-state index contributed by atoms with van der Waals surface area (Å²) in [4.78, 5) is 24.9. The fourth-order valence-corrected chi connectivity index (χ4v) is 6.68. The first-order chi connectivity index (χ1) is 16.5. The Kier molecular flexibility index (Phi) is 6.20.